The van der Waals surface area contributed by atoms with Gasteiger partial charge in [0.15, 0.2) is 0 Å². The maximum absolute atomic E-state index is 2.46. The quantitative estimate of drug-likeness (QED) is 0.533. The summed E-state index contributed by atoms with van der Waals surface area (Å²) in [6, 6.07) is 0. The fourth-order valence-electron chi connectivity index (χ4n) is 0.530. The van der Waals surface area contributed by atoms with Crippen LogP contribution in [0.4, 0.5) is 0 Å². The average Bonchev–Trinajstić information content (AvgIpc) is 1.63. The molecule has 0 fully saturated rings. The summed E-state index contributed by atoms with van der Waals surface area (Å²) in [5, 5.41) is 0. The van der Waals surface area contributed by atoms with Gasteiger partial charge in [0.05, 0.1) is 0 Å². The predicted octanol–water partition coefficient (Wildman–Crippen LogP) is 1.65. The molecule has 52 valence electrons. The number of rotatable bonds is 2. The Labute approximate surface area is 61.4 Å². The molecule has 0 aliphatic carbocycles. The lowest BCUT2D eigenvalue weighted by molar-refractivity contribution is 1.81. The summed E-state index contributed by atoms with van der Waals surface area (Å²) in [6.45, 7) is 9.32. The van der Waals surface area contributed by atoms with Gasteiger partial charge >= 0.3 is 0 Å². The molecule has 0 atom stereocenters. The van der Waals surface area contributed by atoms with Crippen LogP contribution < -0.4 is 0 Å². The molecule has 0 radical (unpaired) electrons. The summed E-state index contributed by atoms with van der Waals surface area (Å²) >= 11 is 0. The Morgan fingerprint density at radius 2 is 1.22 bits per heavy atom. The highest BCUT2D eigenvalue weighted by Crippen LogP contribution is 1.70. The molecule has 0 aromatic rings. The van der Waals surface area contributed by atoms with Crippen LogP contribution in [0.2, 0.25) is 26.2 Å². The van der Waals surface area contributed by atoms with Crippen molar-refractivity contribution in [1.29, 1.82) is 0 Å². The van der Waals surface area contributed by atoms with Crippen LogP contribution in [0.1, 0.15) is 6.42 Å². The van der Waals surface area contributed by atoms with Crippen molar-refractivity contribution in [2.45, 2.75) is 32.6 Å². The van der Waals surface area contributed by atoms with Crippen LogP contribution in [-0.2, 0) is 0 Å². The first-order valence-electron chi connectivity index (χ1n) is 3.39. The van der Waals surface area contributed by atoms with E-state index in [9.17, 15) is 0 Å². The Morgan fingerprint density at radius 1 is 0.889 bits per heavy atom. The Morgan fingerprint density at radius 3 is 1.44 bits per heavy atom. The van der Waals surface area contributed by atoms with Crippen molar-refractivity contribution in [3.05, 3.63) is 0 Å². The third kappa shape index (κ3) is 8.17. The molecular weight excluding hydrogens is 140 g/mol. The highest BCUT2D eigenvalue weighted by molar-refractivity contribution is 6.68. The number of hydrogen-bond acceptors (Lipinski definition) is 0. The van der Waals surface area contributed by atoms with Crippen molar-refractivity contribution in [1.82, 2.24) is 0 Å². The van der Waals surface area contributed by atoms with Gasteiger partial charge in [-0.2, -0.15) is 0 Å². The van der Waals surface area contributed by atoms with Crippen molar-refractivity contribution in [3.63, 3.8) is 0 Å². The summed E-state index contributed by atoms with van der Waals surface area (Å²) in [5.41, 5.74) is 4.92. The van der Waals surface area contributed by atoms with Crippen LogP contribution in [0, 0.1) is 0 Å². The van der Waals surface area contributed by atoms with E-state index in [4.69, 9.17) is 0 Å². The van der Waals surface area contributed by atoms with Gasteiger partial charge in [-0.3, -0.25) is 0 Å². The molecular formula is C7H16Si2. The summed E-state index contributed by atoms with van der Waals surface area (Å²) in [7, 11) is -0.140. The fourth-order valence-corrected chi connectivity index (χ4v) is 1.94. The third-order valence-corrected chi connectivity index (χ3v) is 3.16. The summed E-state index contributed by atoms with van der Waals surface area (Å²) in [5.74, 6) is 0. The minimum absolute atomic E-state index is 0.0702. The van der Waals surface area contributed by atoms with E-state index in [2.05, 4.69) is 37.5 Å². The molecule has 0 rings (SSSR count). The van der Waals surface area contributed by atoms with Crippen molar-refractivity contribution >= 4 is 28.2 Å². The minimum atomic E-state index is -0.0702. The second-order valence-electron chi connectivity index (χ2n) is 2.80. The summed E-state index contributed by atoms with van der Waals surface area (Å²) < 4.78 is 0. The first-order valence-corrected chi connectivity index (χ1v) is 8.55. The zero-order valence-electron chi connectivity index (χ0n) is 6.86. The average molecular weight is 156 g/mol. The molecule has 0 saturated heterocycles. The first-order chi connectivity index (χ1) is 4.13. The van der Waals surface area contributed by atoms with E-state index in [1.165, 1.54) is 6.42 Å². The van der Waals surface area contributed by atoms with Crippen molar-refractivity contribution in [2.24, 2.45) is 0 Å². The zero-order valence-corrected chi connectivity index (χ0v) is 8.86. The highest BCUT2D eigenvalue weighted by atomic mass is 28.2. The number of hydrogen-bond donors (Lipinski definition) is 0. The van der Waals surface area contributed by atoms with Crippen molar-refractivity contribution in [3.8, 4) is 0 Å². The smallest absolute Gasteiger partial charge is 0.00103 e. The lowest BCUT2D eigenvalue weighted by atomic mass is 10.6. The van der Waals surface area contributed by atoms with Gasteiger partial charge in [-0.15, -0.1) is 11.3 Å². The van der Waals surface area contributed by atoms with Crippen LogP contribution in [0.5, 0.6) is 0 Å². The summed E-state index contributed by atoms with van der Waals surface area (Å²) in [6.07, 6.45) is 1.25. The molecule has 0 aliphatic rings. The highest BCUT2D eigenvalue weighted by Gasteiger charge is 1.77. The largest absolute Gasteiger partial charge is 0.101 e. The molecule has 0 saturated carbocycles. The van der Waals surface area contributed by atoms with Gasteiger partial charge in [-0.25, -0.2) is 0 Å². The molecule has 9 heavy (non-hydrogen) atoms. The molecule has 2 heteroatoms. The summed E-state index contributed by atoms with van der Waals surface area (Å²) in [4.78, 5) is 0. The fraction of sp³-hybridized carbons (Fsp3) is 0.714. The van der Waals surface area contributed by atoms with Gasteiger partial charge in [-0.1, -0.05) is 26.2 Å². The first kappa shape index (κ1) is 9.17. The van der Waals surface area contributed by atoms with Crippen LogP contribution in [0.25, 0.3) is 0 Å². The van der Waals surface area contributed by atoms with E-state index >= 15 is 0 Å². The molecule has 0 unspecified atom stereocenters. The van der Waals surface area contributed by atoms with Gasteiger partial charge in [0.1, 0.15) is 0 Å². The lowest BCUT2D eigenvalue weighted by Crippen LogP contribution is -1.97. The van der Waals surface area contributed by atoms with Crippen LogP contribution in [-0.4, -0.2) is 28.2 Å². The van der Waals surface area contributed by atoms with Crippen LogP contribution in [0.15, 0.2) is 0 Å². The second kappa shape index (κ2) is 5.00. The van der Waals surface area contributed by atoms with Gasteiger partial charge in [0, 0.05) is 0 Å². The van der Waals surface area contributed by atoms with E-state index in [0.717, 1.165) is 0 Å². The van der Waals surface area contributed by atoms with E-state index < -0.39 is 0 Å². The predicted molar refractivity (Wildman–Crippen MR) is 51.7 cm³/mol. The van der Waals surface area contributed by atoms with Crippen molar-refractivity contribution < 1.29 is 0 Å². The molecule has 0 N–H and O–H groups in total. The minimum Gasteiger partial charge on any atom is -0.101 e. The van der Waals surface area contributed by atoms with Gasteiger partial charge in [0.25, 0.3) is 0 Å². The topological polar surface area (TPSA) is 0 Å². The normalized spacial score (nSPS) is 8.44. The van der Waals surface area contributed by atoms with Crippen molar-refractivity contribution in [2.75, 3.05) is 0 Å². The van der Waals surface area contributed by atoms with E-state index in [1.807, 2.05) is 0 Å². The zero-order chi connectivity index (χ0) is 7.28. The molecule has 0 nitrogen and oxygen atoms in total. The van der Waals surface area contributed by atoms with Gasteiger partial charge in [-0.05, 0) is 23.2 Å². The second-order valence-corrected chi connectivity index (χ2v) is 7.92. The third-order valence-electron chi connectivity index (χ3n) is 1.05. The Hall–Kier alpha value is 0.174. The maximum Gasteiger partial charge on any atom is -0.00103 e. The lowest BCUT2D eigenvalue weighted by Gasteiger charge is -1.86. The van der Waals surface area contributed by atoms with E-state index in [0.29, 0.717) is 0 Å². The SMILES string of the molecule is C[Si](C)=CCC=[Si](C)C. The molecule has 0 spiro atoms. The molecule has 0 bridgehead atoms. The Balaban J connectivity index is 3.53. The molecule has 0 aromatic heterocycles. The monoisotopic (exact) mass is 156 g/mol. The van der Waals surface area contributed by atoms with E-state index in [-0.39, 0.29) is 16.8 Å². The molecule has 0 heterocycles. The maximum atomic E-state index is 2.46. The van der Waals surface area contributed by atoms with Crippen LogP contribution in [0.3, 0.4) is 0 Å². The standard InChI is InChI=1S/C7H16Si2/c1-8(2)6-5-7-9(3)4/h6-7H,5H2,1-4H3. The van der Waals surface area contributed by atoms with E-state index in [1.54, 1.807) is 0 Å². The van der Waals surface area contributed by atoms with Gasteiger partial charge < -0.3 is 0 Å². The van der Waals surface area contributed by atoms with Crippen LogP contribution >= 0.6 is 0 Å². The molecule has 0 aromatic carbocycles. The Bertz CT molecular complexity index is 110. The van der Waals surface area contributed by atoms with Gasteiger partial charge in [0.2, 0.25) is 0 Å². The molecule has 0 amide bonds. The molecule has 0 aliphatic heterocycles. The Kier molecular flexibility index (Phi) is 5.09.